The second-order valence-electron chi connectivity index (χ2n) is 8.42. The van der Waals surface area contributed by atoms with Gasteiger partial charge in [0.15, 0.2) is 5.76 Å². The third-order valence-corrected chi connectivity index (χ3v) is 6.90. The normalized spacial score (nSPS) is 16.5. The van der Waals surface area contributed by atoms with Gasteiger partial charge in [0.2, 0.25) is 0 Å². The lowest BCUT2D eigenvalue weighted by Crippen LogP contribution is -2.32. The van der Waals surface area contributed by atoms with Gasteiger partial charge < -0.3 is 14.6 Å². The van der Waals surface area contributed by atoms with Crippen LogP contribution >= 0.6 is 11.3 Å². The van der Waals surface area contributed by atoms with Crippen LogP contribution in [0.15, 0.2) is 22.8 Å². The number of amides is 2. The van der Waals surface area contributed by atoms with E-state index in [1.807, 2.05) is 18.7 Å². The summed E-state index contributed by atoms with van der Waals surface area (Å²) in [5.41, 5.74) is 2.02. The van der Waals surface area contributed by atoms with E-state index >= 15 is 0 Å². The Bertz CT molecular complexity index is 842. The van der Waals surface area contributed by atoms with E-state index < -0.39 is 0 Å². The first kappa shape index (κ1) is 20.6. The van der Waals surface area contributed by atoms with Crippen molar-refractivity contribution in [3.8, 4) is 0 Å². The number of carbonyl (C=O) groups is 2. The van der Waals surface area contributed by atoms with Crippen LogP contribution in [0, 0.1) is 11.3 Å². The Morgan fingerprint density at radius 3 is 2.57 bits per heavy atom. The Morgan fingerprint density at radius 1 is 1.29 bits per heavy atom. The molecule has 2 aromatic rings. The highest BCUT2D eigenvalue weighted by Gasteiger charge is 2.35. The van der Waals surface area contributed by atoms with Crippen LogP contribution in [0.2, 0.25) is 0 Å². The molecule has 3 rings (SSSR count). The van der Waals surface area contributed by atoms with Gasteiger partial charge in [0.05, 0.1) is 11.8 Å². The quantitative estimate of drug-likeness (QED) is 0.745. The maximum atomic E-state index is 13.3. The topological polar surface area (TPSA) is 62.6 Å². The van der Waals surface area contributed by atoms with Crippen LogP contribution in [0.4, 0.5) is 5.00 Å². The summed E-state index contributed by atoms with van der Waals surface area (Å²) < 4.78 is 5.22. The first-order valence-corrected chi connectivity index (χ1v) is 10.9. The highest BCUT2D eigenvalue weighted by molar-refractivity contribution is 7.17. The molecule has 6 heteroatoms. The summed E-state index contributed by atoms with van der Waals surface area (Å²) in [6.07, 6.45) is 4.38. The molecule has 0 aliphatic heterocycles. The minimum absolute atomic E-state index is 0.00598. The van der Waals surface area contributed by atoms with Crippen molar-refractivity contribution in [2.75, 3.05) is 18.4 Å². The van der Waals surface area contributed by atoms with Crippen molar-refractivity contribution in [2.45, 2.75) is 53.9 Å². The average Bonchev–Trinajstić information content (AvgIpc) is 3.29. The van der Waals surface area contributed by atoms with Crippen molar-refractivity contribution >= 4 is 28.2 Å². The number of thiophene rings is 1. The van der Waals surface area contributed by atoms with Gasteiger partial charge in [-0.2, -0.15) is 0 Å². The van der Waals surface area contributed by atoms with Crippen LogP contribution in [-0.2, 0) is 12.8 Å². The van der Waals surface area contributed by atoms with E-state index in [9.17, 15) is 9.59 Å². The van der Waals surface area contributed by atoms with Crippen molar-refractivity contribution in [3.63, 3.8) is 0 Å². The molecule has 2 amide bonds. The number of rotatable bonds is 5. The van der Waals surface area contributed by atoms with E-state index in [4.69, 9.17) is 4.42 Å². The predicted octanol–water partition coefficient (Wildman–Crippen LogP) is 5.23. The first-order valence-electron chi connectivity index (χ1n) is 10.0. The SMILES string of the molecule is CCN(CC)C(=O)c1c(NC(=O)c2ccco2)sc2c1CC[C@H](C(C)(C)C)C2. The molecule has 0 spiro atoms. The molecule has 1 aliphatic carbocycles. The van der Waals surface area contributed by atoms with Crippen LogP contribution in [0.1, 0.15) is 72.4 Å². The number of hydrogen-bond donors (Lipinski definition) is 1. The standard InChI is InChI=1S/C22H30N2O3S/c1-6-24(7-2)21(26)18-15-11-10-14(22(3,4)5)13-17(15)28-20(18)23-19(25)16-9-8-12-27-16/h8-9,12,14H,6-7,10-11,13H2,1-5H3,(H,23,25)/t14-/m0/s1. The third-order valence-electron chi connectivity index (χ3n) is 5.73. The van der Waals surface area contributed by atoms with Crippen molar-refractivity contribution in [1.29, 1.82) is 0 Å². The molecule has 1 aliphatic rings. The number of carbonyl (C=O) groups excluding carboxylic acids is 2. The van der Waals surface area contributed by atoms with E-state index in [-0.39, 0.29) is 23.0 Å². The second kappa shape index (κ2) is 8.11. The van der Waals surface area contributed by atoms with Gasteiger partial charge in [-0.15, -0.1) is 11.3 Å². The summed E-state index contributed by atoms with van der Waals surface area (Å²) in [5, 5.41) is 3.60. The third kappa shape index (κ3) is 4.02. The van der Waals surface area contributed by atoms with Gasteiger partial charge in [-0.3, -0.25) is 9.59 Å². The molecule has 5 nitrogen and oxygen atoms in total. The monoisotopic (exact) mass is 402 g/mol. The fourth-order valence-electron chi connectivity index (χ4n) is 3.88. The van der Waals surface area contributed by atoms with Crippen molar-refractivity contribution in [1.82, 2.24) is 4.90 Å². The summed E-state index contributed by atoms with van der Waals surface area (Å²) in [5.74, 6) is 0.514. The lowest BCUT2D eigenvalue weighted by molar-refractivity contribution is 0.0772. The number of fused-ring (bicyclic) bond motifs is 1. The zero-order chi connectivity index (χ0) is 20.5. The van der Waals surface area contributed by atoms with Gasteiger partial charge in [0.1, 0.15) is 5.00 Å². The fourth-order valence-corrected chi connectivity index (χ4v) is 5.20. The zero-order valence-corrected chi connectivity index (χ0v) is 18.2. The molecule has 0 saturated heterocycles. The molecule has 0 fully saturated rings. The molecule has 1 N–H and O–H groups in total. The molecule has 152 valence electrons. The molecule has 0 bridgehead atoms. The predicted molar refractivity (Wildman–Crippen MR) is 113 cm³/mol. The average molecular weight is 403 g/mol. The summed E-state index contributed by atoms with van der Waals surface area (Å²) in [6.45, 7) is 12.1. The van der Waals surface area contributed by atoms with E-state index in [0.29, 0.717) is 29.6 Å². The summed E-state index contributed by atoms with van der Waals surface area (Å²) in [7, 11) is 0. The molecule has 0 unspecified atom stereocenters. The van der Waals surface area contributed by atoms with Crippen molar-refractivity contribution in [2.24, 2.45) is 11.3 Å². The molecular weight excluding hydrogens is 372 g/mol. The second-order valence-corrected chi connectivity index (χ2v) is 9.53. The van der Waals surface area contributed by atoms with Crippen LogP contribution in [0.5, 0.6) is 0 Å². The Morgan fingerprint density at radius 2 is 2.00 bits per heavy atom. The lowest BCUT2D eigenvalue weighted by atomic mass is 9.72. The summed E-state index contributed by atoms with van der Waals surface area (Å²) >= 11 is 1.55. The molecular formula is C22H30N2O3S. The molecule has 0 aromatic carbocycles. The Balaban J connectivity index is 1.99. The molecule has 2 aromatic heterocycles. The fraction of sp³-hybridized carbons (Fsp3) is 0.545. The van der Waals surface area contributed by atoms with Gasteiger partial charge in [-0.25, -0.2) is 0 Å². The van der Waals surface area contributed by atoms with E-state index in [1.54, 1.807) is 23.5 Å². The Kier molecular flexibility index (Phi) is 5.98. The molecule has 0 saturated carbocycles. The summed E-state index contributed by atoms with van der Waals surface area (Å²) in [4.78, 5) is 28.9. The number of nitrogens with zero attached hydrogens (tertiary/aromatic N) is 1. The largest absolute Gasteiger partial charge is 0.459 e. The number of furan rings is 1. The Labute approximate surface area is 171 Å². The lowest BCUT2D eigenvalue weighted by Gasteiger charge is -2.34. The van der Waals surface area contributed by atoms with E-state index in [1.165, 1.54) is 11.1 Å². The molecule has 28 heavy (non-hydrogen) atoms. The highest BCUT2D eigenvalue weighted by Crippen LogP contribution is 2.44. The van der Waals surface area contributed by atoms with Crippen LogP contribution < -0.4 is 5.32 Å². The van der Waals surface area contributed by atoms with Gasteiger partial charge in [-0.1, -0.05) is 20.8 Å². The molecule has 0 radical (unpaired) electrons. The van der Waals surface area contributed by atoms with E-state index in [0.717, 1.165) is 24.8 Å². The van der Waals surface area contributed by atoms with Gasteiger partial charge >= 0.3 is 0 Å². The maximum Gasteiger partial charge on any atom is 0.291 e. The van der Waals surface area contributed by atoms with Gasteiger partial charge in [0.25, 0.3) is 11.8 Å². The van der Waals surface area contributed by atoms with Crippen LogP contribution in [0.3, 0.4) is 0 Å². The number of anilines is 1. The minimum atomic E-state index is -0.315. The van der Waals surface area contributed by atoms with E-state index in [2.05, 4.69) is 26.1 Å². The zero-order valence-electron chi connectivity index (χ0n) is 17.4. The highest BCUT2D eigenvalue weighted by atomic mass is 32.1. The maximum absolute atomic E-state index is 13.3. The number of nitrogens with one attached hydrogen (secondary N) is 1. The first-order chi connectivity index (χ1) is 13.3. The van der Waals surface area contributed by atoms with Gasteiger partial charge in [0, 0.05) is 18.0 Å². The van der Waals surface area contributed by atoms with Crippen molar-refractivity contribution < 1.29 is 14.0 Å². The van der Waals surface area contributed by atoms with Crippen LogP contribution in [-0.4, -0.2) is 29.8 Å². The minimum Gasteiger partial charge on any atom is -0.459 e. The smallest absolute Gasteiger partial charge is 0.291 e. The van der Waals surface area contributed by atoms with Crippen molar-refractivity contribution in [3.05, 3.63) is 40.2 Å². The van der Waals surface area contributed by atoms with Gasteiger partial charge in [-0.05, 0) is 62.1 Å². The molecule has 1 atom stereocenters. The van der Waals surface area contributed by atoms with Crippen LogP contribution in [0.25, 0.3) is 0 Å². The summed E-state index contributed by atoms with van der Waals surface area (Å²) in [6, 6.07) is 3.31. The Hall–Kier alpha value is -2.08. The molecule has 2 heterocycles. The number of hydrogen-bond acceptors (Lipinski definition) is 4.